The molecule has 0 spiro atoms. The van der Waals surface area contributed by atoms with Crippen molar-refractivity contribution in [2.75, 3.05) is 36.0 Å². The van der Waals surface area contributed by atoms with Gasteiger partial charge in [0, 0.05) is 50.8 Å². The van der Waals surface area contributed by atoms with Gasteiger partial charge in [-0.15, -0.1) is 0 Å². The average Bonchev–Trinajstić information content (AvgIpc) is 3.25. The van der Waals surface area contributed by atoms with Gasteiger partial charge < -0.3 is 15.1 Å². The molecule has 7 nitrogen and oxygen atoms in total. The second-order valence-electron chi connectivity index (χ2n) is 9.53. The molecule has 1 amide bonds. The minimum Gasteiger partial charge on any atom is -0.367 e. The van der Waals surface area contributed by atoms with Gasteiger partial charge in [-0.1, -0.05) is 6.07 Å². The van der Waals surface area contributed by atoms with Crippen molar-refractivity contribution in [2.45, 2.75) is 25.8 Å². The van der Waals surface area contributed by atoms with Crippen LogP contribution in [0.5, 0.6) is 0 Å². The van der Waals surface area contributed by atoms with E-state index >= 15 is 0 Å². The number of anilines is 2. The van der Waals surface area contributed by atoms with E-state index in [0.29, 0.717) is 17.2 Å². The number of nitrogens with zero attached hydrogens (tertiary/aromatic N) is 5. The Hall–Kier alpha value is -4.36. The van der Waals surface area contributed by atoms with Crippen LogP contribution in [0, 0.1) is 12.7 Å². The van der Waals surface area contributed by atoms with E-state index in [1.807, 2.05) is 0 Å². The number of alkyl halides is 6. The Morgan fingerprint density at radius 3 is 2.27 bits per heavy atom. The third-order valence-corrected chi connectivity index (χ3v) is 6.81. The van der Waals surface area contributed by atoms with Gasteiger partial charge in [0.15, 0.2) is 0 Å². The smallest absolute Gasteiger partial charge is 0.367 e. The number of nitrogens with one attached hydrogen (secondary N) is 1. The van der Waals surface area contributed by atoms with Gasteiger partial charge in [-0.05, 0) is 48.9 Å². The molecule has 1 aliphatic heterocycles. The topological polar surface area (TPSA) is 65.8 Å². The van der Waals surface area contributed by atoms with Crippen molar-refractivity contribution in [3.63, 3.8) is 0 Å². The molecule has 4 heterocycles. The van der Waals surface area contributed by atoms with Gasteiger partial charge >= 0.3 is 12.4 Å². The van der Waals surface area contributed by atoms with Gasteiger partial charge in [-0.3, -0.25) is 9.20 Å². The molecule has 1 N–H and O–H groups in total. The molecule has 0 radical (unpaired) electrons. The molecular formula is C27H23F7N6O. The fraction of sp³-hybridized carbons (Fsp3) is 0.296. The van der Waals surface area contributed by atoms with Crippen molar-refractivity contribution < 1.29 is 35.5 Å². The Balaban J connectivity index is 1.29. The van der Waals surface area contributed by atoms with Gasteiger partial charge in [-0.2, -0.15) is 26.3 Å². The molecule has 14 heteroatoms. The molecule has 1 aliphatic rings. The van der Waals surface area contributed by atoms with Crippen LogP contribution >= 0.6 is 0 Å². The van der Waals surface area contributed by atoms with Crippen molar-refractivity contribution in [3.05, 3.63) is 88.8 Å². The number of imidazole rings is 1. The third kappa shape index (κ3) is 5.91. The number of carbonyl (C=O) groups excluding carboxylic acids is 1. The summed E-state index contributed by atoms with van der Waals surface area (Å²) in [6, 6.07) is 8.57. The number of halogens is 7. The predicted molar refractivity (Wildman–Crippen MR) is 136 cm³/mol. The van der Waals surface area contributed by atoms with E-state index in [9.17, 15) is 35.5 Å². The monoisotopic (exact) mass is 580 g/mol. The number of carbonyl (C=O) groups is 1. The van der Waals surface area contributed by atoms with Crippen LogP contribution in [-0.4, -0.2) is 46.5 Å². The van der Waals surface area contributed by atoms with Crippen molar-refractivity contribution in [1.82, 2.24) is 19.7 Å². The maximum Gasteiger partial charge on any atom is 0.418 e. The highest BCUT2D eigenvalue weighted by Gasteiger charge is 2.36. The molecule has 41 heavy (non-hydrogen) atoms. The SMILES string of the molecule is Cc1nc2ccc(F)cn2c1C(=O)NCc1ccc(N2CCN(c3ccc(C(F)(F)F)cn3)CC2)c(C(F)(F)F)c1. The first kappa shape index (κ1) is 28.2. The van der Waals surface area contributed by atoms with E-state index in [1.54, 1.807) is 16.7 Å². The minimum atomic E-state index is -4.68. The quantitative estimate of drug-likeness (QED) is 0.317. The first-order valence-corrected chi connectivity index (χ1v) is 12.5. The molecular weight excluding hydrogens is 557 g/mol. The fourth-order valence-corrected chi connectivity index (χ4v) is 4.79. The van der Waals surface area contributed by atoms with Gasteiger partial charge in [0.1, 0.15) is 23.0 Å². The lowest BCUT2D eigenvalue weighted by Crippen LogP contribution is -2.47. The zero-order valence-corrected chi connectivity index (χ0v) is 21.5. The summed E-state index contributed by atoms with van der Waals surface area (Å²) in [7, 11) is 0. The Morgan fingerprint density at radius 1 is 0.927 bits per heavy atom. The molecule has 1 saturated heterocycles. The molecule has 0 aliphatic carbocycles. The molecule has 0 atom stereocenters. The van der Waals surface area contributed by atoms with Crippen LogP contribution in [0.25, 0.3) is 5.65 Å². The Bertz CT molecular complexity index is 1570. The summed E-state index contributed by atoms with van der Waals surface area (Å²) in [4.78, 5) is 24.2. The number of benzene rings is 1. The van der Waals surface area contributed by atoms with E-state index in [0.717, 1.165) is 24.5 Å². The number of rotatable bonds is 5. The molecule has 0 bridgehead atoms. The van der Waals surface area contributed by atoms with Crippen LogP contribution in [0.1, 0.15) is 32.9 Å². The van der Waals surface area contributed by atoms with Gasteiger partial charge in [0.25, 0.3) is 5.91 Å². The second-order valence-corrected chi connectivity index (χ2v) is 9.53. The summed E-state index contributed by atoms with van der Waals surface area (Å²) in [5.41, 5.74) is -0.822. The largest absolute Gasteiger partial charge is 0.418 e. The predicted octanol–water partition coefficient (Wildman–Crippen LogP) is 5.47. The third-order valence-electron chi connectivity index (χ3n) is 6.81. The molecule has 216 valence electrons. The van der Waals surface area contributed by atoms with E-state index in [4.69, 9.17) is 0 Å². The maximum atomic E-state index is 14.1. The summed E-state index contributed by atoms with van der Waals surface area (Å²) in [5, 5.41) is 2.58. The van der Waals surface area contributed by atoms with Crippen molar-refractivity contribution >= 4 is 23.1 Å². The molecule has 4 aromatic rings. The lowest BCUT2D eigenvalue weighted by molar-refractivity contribution is -0.138. The number of aromatic nitrogens is 3. The highest BCUT2D eigenvalue weighted by Crippen LogP contribution is 2.38. The lowest BCUT2D eigenvalue weighted by atomic mass is 10.1. The molecule has 0 saturated carbocycles. The number of hydrogen-bond donors (Lipinski definition) is 1. The van der Waals surface area contributed by atoms with E-state index in [2.05, 4.69) is 15.3 Å². The van der Waals surface area contributed by atoms with Crippen LogP contribution in [0.3, 0.4) is 0 Å². The van der Waals surface area contributed by atoms with Crippen molar-refractivity contribution in [1.29, 1.82) is 0 Å². The number of piperazine rings is 1. The molecule has 3 aromatic heterocycles. The second kappa shape index (κ2) is 10.6. The molecule has 0 unspecified atom stereocenters. The highest BCUT2D eigenvalue weighted by atomic mass is 19.4. The number of hydrogen-bond acceptors (Lipinski definition) is 5. The zero-order valence-electron chi connectivity index (χ0n) is 21.5. The molecule has 5 rings (SSSR count). The fourth-order valence-electron chi connectivity index (χ4n) is 4.79. The summed E-state index contributed by atoms with van der Waals surface area (Å²) >= 11 is 0. The van der Waals surface area contributed by atoms with Crippen molar-refractivity contribution in [2.24, 2.45) is 0 Å². The van der Waals surface area contributed by atoms with Crippen LogP contribution in [-0.2, 0) is 18.9 Å². The van der Waals surface area contributed by atoms with E-state index in [1.165, 1.54) is 34.7 Å². The summed E-state index contributed by atoms with van der Waals surface area (Å²) in [6.45, 7) is 2.25. The Kier molecular flexibility index (Phi) is 7.26. The van der Waals surface area contributed by atoms with Crippen LogP contribution in [0.15, 0.2) is 54.9 Å². The van der Waals surface area contributed by atoms with Gasteiger partial charge in [0.05, 0.1) is 16.8 Å². The van der Waals surface area contributed by atoms with Crippen LogP contribution in [0.2, 0.25) is 0 Å². The first-order valence-electron chi connectivity index (χ1n) is 12.5. The van der Waals surface area contributed by atoms with E-state index in [-0.39, 0.29) is 49.7 Å². The summed E-state index contributed by atoms with van der Waals surface area (Å²) < 4.78 is 95.7. The standard InChI is InChI=1S/C27H23F7N6O/c1-16-24(40-15-19(28)4-7-23(40)37-16)25(41)36-13-17-2-5-21(20(12-17)27(32,33)34)38-8-10-39(11-9-38)22-6-3-18(14-35-22)26(29,30)31/h2-7,12,14-15H,8-11,13H2,1H3,(H,36,41). The lowest BCUT2D eigenvalue weighted by Gasteiger charge is -2.37. The molecule has 1 aromatic carbocycles. The zero-order chi connectivity index (χ0) is 29.5. The maximum absolute atomic E-state index is 14.1. The molecule has 1 fully saturated rings. The van der Waals surface area contributed by atoms with Gasteiger partial charge in [0.2, 0.25) is 0 Å². The summed E-state index contributed by atoms with van der Waals surface area (Å²) in [6.07, 6.45) is -7.36. The average molecular weight is 581 g/mol. The highest BCUT2D eigenvalue weighted by molar-refractivity contribution is 5.94. The van der Waals surface area contributed by atoms with Crippen molar-refractivity contribution in [3.8, 4) is 0 Å². The normalized spacial score (nSPS) is 14.5. The number of fused-ring (bicyclic) bond motifs is 1. The number of amides is 1. The Labute approximate surface area is 229 Å². The first-order chi connectivity index (χ1) is 19.3. The van der Waals surface area contributed by atoms with Gasteiger partial charge in [-0.25, -0.2) is 14.4 Å². The van der Waals surface area contributed by atoms with Crippen LogP contribution < -0.4 is 15.1 Å². The number of aryl methyl sites for hydroxylation is 1. The number of pyridine rings is 2. The van der Waals surface area contributed by atoms with Crippen LogP contribution in [0.4, 0.5) is 42.2 Å². The minimum absolute atomic E-state index is 0.0410. The summed E-state index contributed by atoms with van der Waals surface area (Å²) in [5.74, 6) is -0.888. The van der Waals surface area contributed by atoms with E-state index < -0.39 is 35.2 Å². The Morgan fingerprint density at radius 2 is 1.63 bits per heavy atom.